The van der Waals surface area contributed by atoms with Gasteiger partial charge >= 0.3 is 0 Å². The molecule has 0 unspecified atom stereocenters. The van der Waals surface area contributed by atoms with E-state index >= 15 is 0 Å². The second-order valence-corrected chi connectivity index (χ2v) is 2.25. The summed E-state index contributed by atoms with van der Waals surface area (Å²) in [6.45, 7) is 1.37. The van der Waals surface area contributed by atoms with Crippen LogP contribution in [0.2, 0.25) is 0 Å². The van der Waals surface area contributed by atoms with Crippen molar-refractivity contribution < 1.29 is 12.3 Å². The minimum atomic E-state index is -0.228. The van der Waals surface area contributed by atoms with Gasteiger partial charge in [-0.15, -0.1) is 0 Å². The number of anilines is 1. The van der Waals surface area contributed by atoms with Crippen molar-refractivity contribution in [3.05, 3.63) is 24.2 Å². The number of methoxy groups -OCH3 is 1. The summed E-state index contributed by atoms with van der Waals surface area (Å²) in [5.74, 6) is -0.0203. The summed E-state index contributed by atoms with van der Waals surface area (Å²) in [4.78, 5) is 10.7. The molecule has 1 amide bonds. The summed E-state index contributed by atoms with van der Waals surface area (Å²) in [6.07, 6.45) is 0. The number of ether oxygens (including phenoxy) is 1. The highest BCUT2D eigenvalue weighted by Gasteiger charge is 1.94. The monoisotopic (exact) mass is 167 g/mol. The van der Waals surface area contributed by atoms with Crippen molar-refractivity contribution in [2.45, 2.75) is 6.92 Å². The zero-order chi connectivity index (χ0) is 10.7. The Morgan fingerprint density at radius 1 is 1.58 bits per heavy atom. The Morgan fingerprint density at radius 2 is 2.17 bits per heavy atom. The number of hydrogen-bond acceptors (Lipinski definition) is 2. The molecule has 0 saturated carbocycles. The summed E-state index contributed by atoms with van der Waals surface area (Å²) in [5.41, 5.74) is 0.438. The Hall–Kier alpha value is -1.51. The molecule has 3 heteroatoms. The predicted octanol–water partition coefficient (Wildman–Crippen LogP) is 1.65. The summed E-state index contributed by atoms with van der Waals surface area (Å²) in [7, 11) is 1.41. The van der Waals surface area contributed by atoms with E-state index in [0.29, 0.717) is 5.69 Å². The lowest BCUT2D eigenvalue weighted by atomic mass is 10.3. The first-order chi connectivity index (χ1) is 6.54. The number of carbonyl (C=O) groups excluding carboxylic acids is 1. The van der Waals surface area contributed by atoms with Crippen LogP contribution in [-0.2, 0) is 4.79 Å². The highest BCUT2D eigenvalue weighted by molar-refractivity contribution is 5.88. The molecular weight excluding hydrogens is 154 g/mol. The lowest BCUT2D eigenvalue weighted by molar-refractivity contribution is -0.114. The maximum atomic E-state index is 10.7. The molecule has 0 aromatic heterocycles. The molecule has 0 aliphatic rings. The topological polar surface area (TPSA) is 38.3 Å². The van der Waals surface area contributed by atoms with Gasteiger partial charge < -0.3 is 10.1 Å². The highest BCUT2D eigenvalue weighted by atomic mass is 16.5. The van der Waals surface area contributed by atoms with E-state index < -0.39 is 0 Å². The lowest BCUT2D eigenvalue weighted by Gasteiger charge is -2.02. The van der Waals surface area contributed by atoms with Crippen LogP contribution < -0.4 is 10.1 Å². The molecule has 0 radical (unpaired) electrons. The Balaban J connectivity index is 3.07. The van der Waals surface area contributed by atoms with Crippen LogP contribution in [0.4, 0.5) is 5.69 Å². The fourth-order valence-corrected chi connectivity index (χ4v) is 0.763. The Kier molecular flexibility index (Phi) is 1.90. The third-order valence-electron chi connectivity index (χ3n) is 1.24. The second kappa shape index (κ2) is 3.76. The first-order valence-electron chi connectivity index (χ1n) is 4.47. The standard InChI is InChI=1S/C9H11NO2/c1-7(11)10-8-3-5-9(12-2)6-4-8/h3-6H,1-2H3,(H,10,11)/i5D,6D. The first kappa shape index (κ1) is 6.06. The van der Waals surface area contributed by atoms with E-state index in [9.17, 15) is 4.79 Å². The van der Waals surface area contributed by atoms with Crippen LogP contribution in [0.5, 0.6) is 5.75 Å². The average molecular weight is 167 g/mol. The minimum Gasteiger partial charge on any atom is -0.497 e. The van der Waals surface area contributed by atoms with Crippen molar-refractivity contribution in [3.63, 3.8) is 0 Å². The van der Waals surface area contributed by atoms with Crippen molar-refractivity contribution in [1.29, 1.82) is 0 Å². The van der Waals surface area contributed by atoms with Gasteiger partial charge in [0.25, 0.3) is 0 Å². The van der Waals surface area contributed by atoms with Gasteiger partial charge in [-0.1, -0.05) is 0 Å². The molecule has 12 heavy (non-hydrogen) atoms. The molecule has 1 N–H and O–H groups in total. The van der Waals surface area contributed by atoms with Gasteiger partial charge in [-0.2, -0.15) is 0 Å². The molecule has 1 aromatic rings. The smallest absolute Gasteiger partial charge is 0.221 e. The van der Waals surface area contributed by atoms with E-state index in [1.165, 1.54) is 26.2 Å². The van der Waals surface area contributed by atoms with Gasteiger partial charge in [0.05, 0.1) is 9.85 Å². The number of carbonyl (C=O) groups is 1. The predicted molar refractivity (Wildman–Crippen MR) is 47.3 cm³/mol. The van der Waals surface area contributed by atoms with Gasteiger partial charge in [0.2, 0.25) is 5.91 Å². The fourth-order valence-electron chi connectivity index (χ4n) is 0.763. The van der Waals surface area contributed by atoms with Crippen LogP contribution in [0.25, 0.3) is 0 Å². The van der Waals surface area contributed by atoms with Crippen LogP contribution in [0.1, 0.15) is 9.67 Å². The van der Waals surface area contributed by atoms with Gasteiger partial charge in [-0.3, -0.25) is 4.79 Å². The molecule has 0 bridgehead atoms. The van der Waals surface area contributed by atoms with Gasteiger partial charge in [0.15, 0.2) is 0 Å². The number of rotatable bonds is 2. The van der Waals surface area contributed by atoms with Gasteiger partial charge in [-0.05, 0) is 24.2 Å². The Labute approximate surface area is 74.2 Å². The summed E-state index contributed by atoms with van der Waals surface area (Å²) >= 11 is 0. The molecule has 0 aliphatic carbocycles. The fraction of sp³-hybridized carbons (Fsp3) is 0.222. The third-order valence-corrected chi connectivity index (χ3v) is 1.24. The zero-order valence-electron chi connectivity index (χ0n) is 8.97. The van der Waals surface area contributed by atoms with Crippen LogP contribution in [0.15, 0.2) is 24.2 Å². The molecule has 0 saturated heterocycles. The van der Waals surface area contributed by atoms with Gasteiger partial charge in [0.1, 0.15) is 5.75 Å². The molecule has 0 fully saturated rings. The maximum absolute atomic E-state index is 10.7. The van der Waals surface area contributed by atoms with E-state index in [1.807, 2.05) is 0 Å². The molecule has 0 spiro atoms. The first-order valence-corrected chi connectivity index (χ1v) is 3.47. The average Bonchev–Trinajstić information content (AvgIpc) is 2.01. The normalized spacial score (nSPS) is 11.5. The van der Waals surface area contributed by atoms with Crippen molar-refractivity contribution in [2.24, 2.45) is 0 Å². The highest BCUT2D eigenvalue weighted by Crippen LogP contribution is 2.14. The van der Waals surface area contributed by atoms with Crippen LogP contribution in [-0.4, -0.2) is 13.0 Å². The van der Waals surface area contributed by atoms with E-state index in [0.717, 1.165) is 0 Å². The van der Waals surface area contributed by atoms with E-state index in [4.69, 9.17) is 7.48 Å². The van der Waals surface area contributed by atoms with Crippen LogP contribution in [0, 0.1) is 0 Å². The molecule has 0 atom stereocenters. The Bertz CT molecular complexity index is 343. The van der Waals surface area contributed by atoms with E-state index in [1.54, 1.807) is 0 Å². The molecule has 1 aromatic carbocycles. The molecule has 0 heterocycles. The molecular formula is C9H11NO2. The van der Waals surface area contributed by atoms with Crippen molar-refractivity contribution in [3.8, 4) is 5.75 Å². The largest absolute Gasteiger partial charge is 0.497 e. The van der Waals surface area contributed by atoms with Crippen LogP contribution >= 0.6 is 0 Å². The number of hydrogen-bond donors (Lipinski definition) is 1. The maximum Gasteiger partial charge on any atom is 0.221 e. The molecule has 0 aliphatic heterocycles. The van der Waals surface area contributed by atoms with E-state index in [2.05, 4.69) is 5.32 Å². The SMILES string of the molecule is [2H]c1cc(NC(C)=O)cc([2H])c1OC. The number of amides is 1. The quantitative estimate of drug-likeness (QED) is 0.727. The summed E-state index contributed by atoms with van der Waals surface area (Å²) < 4.78 is 19.8. The number of benzene rings is 1. The summed E-state index contributed by atoms with van der Waals surface area (Å²) in [6, 6.07) is 3.06. The Morgan fingerprint density at radius 3 is 2.58 bits per heavy atom. The van der Waals surface area contributed by atoms with Crippen molar-refractivity contribution in [2.75, 3.05) is 12.4 Å². The minimum absolute atomic E-state index is 0.0868. The van der Waals surface area contributed by atoms with Crippen LogP contribution in [0.3, 0.4) is 0 Å². The van der Waals surface area contributed by atoms with E-state index in [-0.39, 0.29) is 23.7 Å². The van der Waals surface area contributed by atoms with Gasteiger partial charge in [0, 0.05) is 12.6 Å². The lowest BCUT2D eigenvalue weighted by Crippen LogP contribution is -2.05. The summed E-state index contributed by atoms with van der Waals surface area (Å²) in [5, 5.41) is 2.50. The third kappa shape index (κ3) is 2.27. The van der Waals surface area contributed by atoms with Crippen molar-refractivity contribution in [1.82, 2.24) is 0 Å². The molecule has 1 rings (SSSR count). The van der Waals surface area contributed by atoms with Crippen molar-refractivity contribution >= 4 is 11.6 Å². The van der Waals surface area contributed by atoms with Gasteiger partial charge in [-0.25, -0.2) is 0 Å². The molecule has 3 nitrogen and oxygen atoms in total. The second-order valence-electron chi connectivity index (χ2n) is 2.25. The zero-order valence-corrected chi connectivity index (χ0v) is 6.97. The molecule has 64 valence electrons. The number of nitrogens with one attached hydrogen (secondary N) is 1.